The van der Waals surface area contributed by atoms with E-state index in [1.807, 2.05) is 36.5 Å². The standard InChI is InChI=1S/C40H40Cl2N6O5/c1-52-38-26(21-48-14-11-25(20-48)40(50)51)17-32(41)39(46-38)53-34-9-8-29-28(4-2-5-30(29)34)31-6-3-7-33(35(31)42)45-37-36-24(10-13-43-37)16-23(18-44-36)19-47-15-12-27(49)22-47/h2-7,10,13,16-18,25,27,34,49H,8-9,11-12,14-15,19-22H2,1H3,(H,43,45)(H,50,51)/t25-,27-,34-/m1/s1. The van der Waals surface area contributed by atoms with Crippen molar-refractivity contribution < 1.29 is 24.5 Å². The van der Waals surface area contributed by atoms with Crippen molar-refractivity contribution in [2.24, 2.45) is 5.92 Å². The first kappa shape index (κ1) is 35.5. The Labute approximate surface area is 317 Å². The number of likely N-dealkylation sites (tertiary alicyclic amines) is 2. The fraction of sp³-hybridized carbons (Fsp3) is 0.350. The van der Waals surface area contributed by atoms with E-state index < -0.39 is 5.97 Å². The molecule has 0 spiro atoms. The van der Waals surface area contributed by atoms with E-state index in [1.54, 1.807) is 19.4 Å². The second kappa shape index (κ2) is 15.1. The lowest BCUT2D eigenvalue weighted by Gasteiger charge is -2.20. The Balaban J connectivity index is 1.01. The summed E-state index contributed by atoms with van der Waals surface area (Å²) in [4.78, 5) is 29.8. The van der Waals surface area contributed by atoms with Crippen LogP contribution in [-0.2, 0) is 24.3 Å². The summed E-state index contributed by atoms with van der Waals surface area (Å²) in [6.45, 7) is 3.95. The van der Waals surface area contributed by atoms with E-state index in [2.05, 4.69) is 43.3 Å². The Bertz CT molecular complexity index is 2190. The molecule has 274 valence electrons. The number of nitrogens with zero attached hydrogens (tertiary/aromatic N) is 5. The molecule has 5 aromatic rings. The number of fused-ring (bicyclic) bond motifs is 2. The predicted octanol–water partition coefficient (Wildman–Crippen LogP) is 7.29. The van der Waals surface area contributed by atoms with E-state index in [1.165, 1.54) is 0 Å². The maximum Gasteiger partial charge on any atom is 0.307 e. The maximum absolute atomic E-state index is 11.4. The zero-order valence-electron chi connectivity index (χ0n) is 29.3. The molecule has 2 aromatic carbocycles. The van der Waals surface area contributed by atoms with E-state index in [9.17, 15) is 15.0 Å². The highest BCUT2D eigenvalue weighted by atomic mass is 35.5. The van der Waals surface area contributed by atoms with E-state index in [0.29, 0.717) is 60.2 Å². The number of carbonyl (C=O) groups is 1. The molecule has 11 nitrogen and oxygen atoms in total. The van der Waals surface area contributed by atoms with Crippen LogP contribution in [0.5, 0.6) is 11.8 Å². The molecule has 3 N–H and O–H groups in total. The molecular weight excluding hydrogens is 715 g/mol. The third-order valence-electron chi connectivity index (χ3n) is 10.5. The molecule has 3 aliphatic rings. The average Bonchev–Trinajstić information content (AvgIpc) is 3.90. The van der Waals surface area contributed by atoms with Crippen molar-refractivity contribution in [3.8, 4) is 22.9 Å². The highest BCUT2D eigenvalue weighted by molar-refractivity contribution is 6.36. The van der Waals surface area contributed by atoms with Gasteiger partial charge >= 0.3 is 5.97 Å². The number of benzene rings is 2. The molecule has 0 radical (unpaired) electrons. The molecule has 1 aliphatic carbocycles. The number of hydrogen-bond donors (Lipinski definition) is 3. The summed E-state index contributed by atoms with van der Waals surface area (Å²) in [5, 5.41) is 24.7. The van der Waals surface area contributed by atoms with Gasteiger partial charge in [-0.05, 0) is 78.7 Å². The lowest BCUT2D eigenvalue weighted by molar-refractivity contribution is -0.141. The zero-order chi connectivity index (χ0) is 36.6. The van der Waals surface area contributed by atoms with Crippen LogP contribution in [-0.4, -0.2) is 80.3 Å². The third-order valence-corrected chi connectivity index (χ3v) is 11.2. The number of nitrogens with one attached hydrogen (secondary N) is 1. The van der Waals surface area contributed by atoms with Crippen LogP contribution < -0.4 is 14.8 Å². The van der Waals surface area contributed by atoms with Crippen molar-refractivity contribution in [1.29, 1.82) is 0 Å². The van der Waals surface area contributed by atoms with Crippen molar-refractivity contribution >= 4 is 51.6 Å². The van der Waals surface area contributed by atoms with Crippen LogP contribution in [0.15, 0.2) is 67.0 Å². The van der Waals surface area contributed by atoms with Crippen LogP contribution in [0.1, 0.15) is 47.6 Å². The Kier molecular flexibility index (Phi) is 10.1. The first-order valence-corrected chi connectivity index (χ1v) is 18.7. The van der Waals surface area contributed by atoms with Gasteiger partial charge in [0.15, 0.2) is 5.82 Å². The Morgan fingerprint density at radius 1 is 0.962 bits per heavy atom. The van der Waals surface area contributed by atoms with Gasteiger partial charge in [-0.2, -0.15) is 4.98 Å². The Hall–Kier alpha value is -4.52. The van der Waals surface area contributed by atoms with Crippen LogP contribution in [0.25, 0.3) is 22.0 Å². The quantitative estimate of drug-likeness (QED) is 0.126. The number of pyridine rings is 3. The molecule has 5 heterocycles. The molecule has 0 saturated carbocycles. The molecule has 13 heteroatoms. The summed E-state index contributed by atoms with van der Waals surface area (Å²) in [7, 11) is 1.56. The number of rotatable bonds is 11. The van der Waals surface area contributed by atoms with Gasteiger partial charge in [-0.25, -0.2) is 4.98 Å². The van der Waals surface area contributed by atoms with Gasteiger partial charge in [0.05, 0.1) is 29.8 Å². The normalized spacial score (nSPS) is 20.2. The predicted molar refractivity (Wildman–Crippen MR) is 204 cm³/mol. The molecule has 0 bridgehead atoms. The largest absolute Gasteiger partial charge is 0.481 e. The number of anilines is 2. The molecule has 8 rings (SSSR count). The van der Waals surface area contributed by atoms with Gasteiger partial charge in [0.2, 0.25) is 11.8 Å². The first-order valence-electron chi connectivity index (χ1n) is 17.9. The third kappa shape index (κ3) is 7.36. The number of hydrogen-bond acceptors (Lipinski definition) is 10. The van der Waals surface area contributed by atoms with Crippen molar-refractivity contribution in [3.63, 3.8) is 0 Å². The van der Waals surface area contributed by atoms with Crippen LogP contribution in [0, 0.1) is 5.92 Å². The van der Waals surface area contributed by atoms with Gasteiger partial charge < -0.3 is 25.0 Å². The Morgan fingerprint density at radius 2 is 1.77 bits per heavy atom. The smallest absolute Gasteiger partial charge is 0.307 e. The molecule has 2 aliphatic heterocycles. The molecule has 3 aromatic heterocycles. The molecule has 3 atom stereocenters. The van der Waals surface area contributed by atoms with Crippen LogP contribution in [0.2, 0.25) is 10.0 Å². The van der Waals surface area contributed by atoms with Crippen molar-refractivity contribution in [2.75, 3.05) is 38.6 Å². The van der Waals surface area contributed by atoms with E-state index in [4.69, 9.17) is 37.7 Å². The lowest BCUT2D eigenvalue weighted by Crippen LogP contribution is -2.23. The highest BCUT2D eigenvalue weighted by Crippen LogP contribution is 2.44. The average molecular weight is 756 g/mol. The highest BCUT2D eigenvalue weighted by Gasteiger charge is 2.31. The van der Waals surface area contributed by atoms with E-state index in [0.717, 1.165) is 82.3 Å². The fourth-order valence-corrected chi connectivity index (χ4v) is 8.37. The van der Waals surface area contributed by atoms with Gasteiger partial charge in [0.25, 0.3) is 0 Å². The minimum atomic E-state index is -0.771. The van der Waals surface area contributed by atoms with Gasteiger partial charge in [-0.1, -0.05) is 53.5 Å². The number of aliphatic carboxylic acids is 1. The molecule has 2 fully saturated rings. The van der Waals surface area contributed by atoms with Gasteiger partial charge in [-0.15, -0.1) is 0 Å². The number of carboxylic acids is 1. The summed E-state index contributed by atoms with van der Waals surface area (Å²) in [6, 6.07) is 18.0. The second-order valence-electron chi connectivity index (χ2n) is 14.1. The summed E-state index contributed by atoms with van der Waals surface area (Å²) in [5.74, 6) is 0.177. The van der Waals surface area contributed by atoms with E-state index >= 15 is 0 Å². The van der Waals surface area contributed by atoms with Crippen molar-refractivity contribution in [1.82, 2.24) is 24.8 Å². The Morgan fingerprint density at radius 3 is 2.57 bits per heavy atom. The van der Waals surface area contributed by atoms with E-state index in [-0.39, 0.29) is 18.1 Å². The first-order chi connectivity index (χ1) is 25.7. The number of β-amino-alcohol motifs (C(OH)–C–C–N with tert-alkyl or cyclic N) is 1. The number of ether oxygens (including phenoxy) is 2. The van der Waals surface area contributed by atoms with Crippen molar-refractivity contribution in [2.45, 2.75) is 51.0 Å². The molecule has 0 amide bonds. The maximum atomic E-state index is 11.4. The summed E-state index contributed by atoms with van der Waals surface area (Å²) in [6.07, 6.45) is 6.05. The lowest BCUT2D eigenvalue weighted by atomic mass is 9.96. The molecule has 0 unspecified atom stereocenters. The van der Waals surface area contributed by atoms with Crippen LogP contribution in [0.3, 0.4) is 0 Å². The second-order valence-corrected chi connectivity index (χ2v) is 14.9. The topological polar surface area (TPSA) is 133 Å². The monoisotopic (exact) mass is 754 g/mol. The fourth-order valence-electron chi connectivity index (χ4n) is 7.87. The molecular formula is C40H40Cl2N6O5. The van der Waals surface area contributed by atoms with Crippen molar-refractivity contribution in [3.05, 3.63) is 99.3 Å². The minimum Gasteiger partial charge on any atom is -0.481 e. The van der Waals surface area contributed by atoms with Gasteiger partial charge in [0, 0.05) is 61.6 Å². The van der Waals surface area contributed by atoms with Gasteiger partial charge in [-0.3, -0.25) is 19.6 Å². The zero-order valence-corrected chi connectivity index (χ0v) is 30.8. The van der Waals surface area contributed by atoms with Gasteiger partial charge in [0.1, 0.15) is 16.6 Å². The number of aliphatic hydroxyl groups excluding tert-OH is 1. The SMILES string of the molecule is COc1nc(O[C@@H]2CCc3c(-c4cccc(Nc5nccc6cc(CN7CC[C@@H](O)C7)cnc56)c4Cl)cccc32)c(Cl)cc1CN1CC[C@@H](C(=O)O)C1. The van der Waals surface area contributed by atoms with Crippen LogP contribution >= 0.6 is 23.2 Å². The number of aromatic nitrogens is 3. The number of carboxylic acid groups (broad SMARTS) is 1. The molecule has 53 heavy (non-hydrogen) atoms. The summed E-state index contributed by atoms with van der Waals surface area (Å²) < 4.78 is 12.1. The summed E-state index contributed by atoms with van der Waals surface area (Å²) >= 11 is 13.9. The number of halogens is 2. The summed E-state index contributed by atoms with van der Waals surface area (Å²) in [5.41, 5.74) is 7.47. The number of aliphatic hydroxyl groups is 1. The molecule has 2 saturated heterocycles. The minimum absolute atomic E-state index is 0.260. The number of methoxy groups -OCH3 is 1. The van der Waals surface area contributed by atoms with Crippen LogP contribution in [0.4, 0.5) is 11.5 Å².